The third kappa shape index (κ3) is 2.16. The molecule has 1 aromatic carbocycles. The van der Waals surface area contributed by atoms with Gasteiger partial charge < -0.3 is 14.8 Å². The second kappa shape index (κ2) is 4.08. The van der Waals surface area contributed by atoms with E-state index in [0.29, 0.717) is 29.1 Å². The third-order valence-electron chi connectivity index (χ3n) is 3.21. The smallest absolute Gasteiger partial charge is 0.307 e. The fraction of sp³-hybridized carbons (Fsp3) is 0.308. The van der Waals surface area contributed by atoms with E-state index < -0.39 is 17.8 Å². The number of hydrogen-bond acceptors (Lipinski definition) is 4. The first-order valence-corrected chi connectivity index (χ1v) is 5.95. The molecule has 1 aliphatic rings. The predicted molar refractivity (Wildman–Crippen MR) is 66.6 cm³/mol. The van der Waals surface area contributed by atoms with Gasteiger partial charge in [0.25, 0.3) is 0 Å². The van der Waals surface area contributed by atoms with Gasteiger partial charge in [-0.3, -0.25) is 9.59 Å². The summed E-state index contributed by atoms with van der Waals surface area (Å²) in [5.74, 6) is -1.58. The lowest BCUT2D eigenvalue weighted by atomic mass is 10.2. The van der Waals surface area contributed by atoms with Gasteiger partial charge in [0.1, 0.15) is 5.52 Å². The lowest BCUT2D eigenvalue weighted by Crippen LogP contribution is -2.16. The number of amides is 1. The number of aliphatic carboxylic acids is 1. The number of fused-ring (bicyclic) bond motifs is 1. The summed E-state index contributed by atoms with van der Waals surface area (Å²) in [6.45, 7) is 1.75. The van der Waals surface area contributed by atoms with Gasteiger partial charge in [-0.25, -0.2) is 4.98 Å². The highest BCUT2D eigenvalue weighted by Crippen LogP contribution is 2.39. The number of hydrogen-bond donors (Lipinski definition) is 2. The molecule has 19 heavy (non-hydrogen) atoms. The molecule has 2 aromatic rings. The quantitative estimate of drug-likeness (QED) is 0.877. The van der Waals surface area contributed by atoms with Crippen molar-refractivity contribution in [3.8, 4) is 0 Å². The lowest BCUT2D eigenvalue weighted by molar-refractivity contribution is -0.139. The van der Waals surface area contributed by atoms with Gasteiger partial charge >= 0.3 is 5.97 Å². The Morgan fingerprint density at radius 1 is 1.42 bits per heavy atom. The van der Waals surface area contributed by atoms with Crippen molar-refractivity contribution in [2.45, 2.75) is 13.3 Å². The molecule has 1 fully saturated rings. The molecule has 6 nitrogen and oxygen atoms in total. The van der Waals surface area contributed by atoms with Crippen molar-refractivity contribution in [3.05, 3.63) is 24.1 Å². The molecule has 0 radical (unpaired) electrons. The van der Waals surface area contributed by atoms with Crippen LogP contribution >= 0.6 is 0 Å². The number of anilines is 1. The summed E-state index contributed by atoms with van der Waals surface area (Å²) < 4.78 is 5.33. The van der Waals surface area contributed by atoms with Crippen LogP contribution in [0.5, 0.6) is 0 Å². The first kappa shape index (κ1) is 11.7. The van der Waals surface area contributed by atoms with Gasteiger partial charge in [-0.1, -0.05) is 0 Å². The van der Waals surface area contributed by atoms with Gasteiger partial charge in [-0.15, -0.1) is 0 Å². The molecule has 1 saturated carbocycles. The molecular formula is C13H12N2O4. The number of carbonyl (C=O) groups excluding carboxylic acids is 1. The highest BCUT2D eigenvalue weighted by atomic mass is 16.4. The molecular weight excluding hydrogens is 248 g/mol. The predicted octanol–water partition coefficient (Wildman–Crippen LogP) is 1.80. The second-order valence-corrected chi connectivity index (χ2v) is 4.69. The van der Waals surface area contributed by atoms with E-state index >= 15 is 0 Å². The van der Waals surface area contributed by atoms with Crippen LogP contribution in [0.2, 0.25) is 0 Å². The monoisotopic (exact) mass is 260 g/mol. The van der Waals surface area contributed by atoms with Crippen LogP contribution < -0.4 is 5.32 Å². The molecule has 1 heterocycles. The Bertz CT molecular complexity index is 676. The number of carbonyl (C=O) groups is 2. The second-order valence-electron chi connectivity index (χ2n) is 4.69. The van der Waals surface area contributed by atoms with E-state index in [1.165, 1.54) is 0 Å². The van der Waals surface area contributed by atoms with Crippen molar-refractivity contribution < 1.29 is 19.1 Å². The van der Waals surface area contributed by atoms with Crippen LogP contribution in [-0.2, 0) is 9.59 Å². The number of nitrogens with one attached hydrogen (secondary N) is 1. The van der Waals surface area contributed by atoms with Crippen LogP contribution in [0.1, 0.15) is 12.3 Å². The minimum absolute atomic E-state index is 0.257. The number of aryl methyl sites for hydroxylation is 1. The van der Waals surface area contributed by atoms with E-state index in [4.69, 9.17) is 9.52 Å². The Balaban J connectivity index is 1.75. The van der Waals surface area contributed by atoms with Crippen LogP contribution in [0.25, 0.3) is 11.1 Å². The molecule has 1 aromatic heterocycles. The minimum atomic E-state index is -0.914. The van der Waals surface area contributed by atoms with Gasteiger partial charge in [-0.2, -0.15) is 0 Å². The maximum atomic E-state index is 11.8. The molecule has 0 saturated heterocycles. The van der Waals surface area contributed by atoms with Crippen LogP contribution in [-0.4, -0.2) is 22.0 Å². The number of nitrogens with zero attached hydrogens (tertiary/aromatic N) is 1. The molecule has 0 bridgehead atoms. The Morgan fingerprint density at radius 2 is 2.21 bits per heavy atom. The average Bonchev–Trinajstić information content (AvgIpc) is 3.06. The molecule has 3 rings (SSSR count). The Morgan fingerprint density at radius 3 is 2.89 bits per heavy atom. The molecule has 1 aliphatic carbocycles. The Hall–Kier alpha value is -2.37. The topological polar surface area (TPSA) is 92.4 Å². The first-order chi connectivity index (χ1) is 9.04. The van der Waals surface area contributed by atoms with Crippen molar-refractivity contribution in [3.63, 3.8) is 0 Å². The summed E-state index contributed by atoms with van der Waals surface area (Å²) in [6, 6.07) is 5.15. The van der Waals surface area contributed by atoms with Crippen LogP contribution in [0.3, 0.4) is 0 Å². The van der Waals surface area contributed by atoms with Crippen molar-refractivity contribution in [1.82, 2.24) is 4.98 Å². The molecule has 0 unspecified atom stereocenters. The largest absolute Gasteiger partial charge is 0.481 e. The fourth-order valence-corrected chi connectivity index (χ4v) is 2.11. The fourth-order valence-electron chi connectivity index (χ4n) is 2.11. The molecule has 2 atom stereocenters. The summed E-state index contributed by atoms with van der Waals surface area (Å²) in [7, 11) is 0. The maximum absolute atomic E-state index is 11.8. The van der Waals surface area contributed by atoms with Crippen molar-refractivity contribution in [1.29, 1.82) is 0 Å². The minimum Gasteiger partial charge on any atom is -0.481 e. The lowest BCUT2D eigenvalue weighted by Gasteiger charge is -2.03. The summed E-state index contributed by atoms with van der Waals surface area (Å²) >= 11 is 0. The SMILES string of the molecule is Cc1nc2cc(NC(=O)[C@@H]3C[C@@H]3C(=O)O)ccc2o1. The molecule has 2 N–H and O–H groups in total. The zero-order valence-corrected chi connectivity index (χ0v) is 10.2. The average molecular weight is 260 g/mol. The van der Waals surface area contributed by atoms with E-state index in [2.05, 4.69) is 10.3 Å². The van der Waals surface area contributed by atoms with Gasteiger partial charge in [0.15, 0.2) is 11.5 Å². The molecule has 0 aliphatic heterocycles. The number of aromatic nitrogens is 1. The summed E-state index contributed by atoms with van der Waals surface area (Å²) in [6.07, 6.45) is 0.409. The molecule has 0 spiro atoms. The highest BCUT2D eigenvalue weighted by molar-refractivity contribution is 5.99. The molecule has 98 valence electrons. The van der Waals surface area contributed by atoms with Crippen molar-refractivity contribution in [2.24, 2.45) is 11.8 Å². The van der Waals surface area contributed by atoms with E-state index in [1.807, 2.05) is 0 Å². The number of rotatable bonds is 3. The maximum Gasteiger partial charge on any atom is 0.307 e. The van der Waals surface area contributed by atoms with Crippen LogP contribution in [0.4, 0.5) is 5.69 Å². The number of carboxylic acid groups (broad SMARTS) is 1. The molecule has 6 heteroatoms. The van der Waals surface area contributed by atoms with Gasteiger partial charge in [0.2, 0.25) is 5.91 Å². The van der Waals surface area contributed by atoms with E-state index in [0.717, 1.165) is 0 Å². The van der Waals surface area contributed by atoms with Crippen molar-refractivity contribution >= 4 is 28.7 Å². The normalized spacial score (nSPS) is 21.3. The van der Waals surface area contributed by atoms with Crippen LogP contribution in [0.15, 0.2) is 22.6 Å². The van der Waals surface area contributed by atoms with E-state index in [1.54, 1.807) is 25.1 Å². The van der Waals surface area contributed by atoms with Gasteiger partial charge in [-0.05, 0) is 24.6 Å². The zero-order valence-electron chi connectivity index (χ0n) is 10.2. The summed E-state index contributed by atoms with van der Waals surface area (Å²) in [4.78, 5) is 26.7. The van der Waals surface area contributed by atoms with E-state index in [-0.39, 0.29) is 5.91 Å². The summed E-state index contributed by atoms with van der Waals surface area (Å²) in [5.41, 5.74) is 1.92. The Kier molecular flexibility index (Phi) is 2.51. The van der Waals surface area contributed by atoms with Crippen LogP contribution in [0, 0.1) is 18.8 Å². The van der Waals surface area contributed by atoms with Gasteiger partial charge in [0, 0.05) is 12.6 Å². The number of carboxylic acids is 1. The number of benzene rings is 1. The summed E-state index contributed by atoms with van der Waals surface area (Å²) in [5, 5.41) is 11.5. The Labute approximate surface area is 108 Å². The standard InChI is InChI=1S/C13H12N2O4/c1-6-14-10-4-7(2-3-11(10)19-6)15-12(16)8-5-9(8)13(17)18/h2-4,8-9H,5H2,1H3,(H,15,16)(H,17,18)/t8-,9+/m1/s1. The van der Waals surface area contributed by atoms with E-state index in [9.17, 15) is 9.59 Å². The zero-order chi connectivity index (χ0) is 13.6. The van der Waals surface area contributed by atoms with Crippen molar-refractivity contribution in [2.75, 3.05) is 5.32 Å². The molecule has 1 amide bonds. The van der Waals surface area contributed by atoms with Gasteiger partial charge in [0.05, 0.1) is 11.8 Å². The third-order valence-corrected chi connectivity index (χ3v) is 3.21. The first-order valence-electron chi connectivity index (χ1n) is 5.95. The number of oxazole rings is 1. The highest BCUT2D eigenvalue weighted by Gasteiger charge is 2.48.